The molecule has 2 aromatic heterocycles. The van der Waals surface area contributed by atoms with Gasteiger partial charge in [0, 0.05) is 11.9 Å². The van der Waals surface area contributed by atoms with Crippen molar-refractivity contribution < 1.29 is 14.7 Å². The van der Waals surface area contributed by atoms with E-state index in [-0.39, 0.29) is 21.4 Å². The molecule has 0 aliphatic heterocycles. The molecule has 21 heavy (non-hydrogen) atoms. The van der Waals surface area contributed by atoms with E-state index in [0.29, 0.717) is 11.4 Å². The lowest BCUT2D eigenvalue weighted by molar-refractivity contribution is 0.0698. The molecule has 0 radical (unpaired) electrons. The summed E-state index contributed by atoms with van der Waals surface area (Å²) in [5.41, 5.74) is 0.337. The first-order valence-corrected chi connectivity index (χ1v) is 7.60. The summed E-state index contributed by atoms with van der Waals surface area (Å²) < 4.78 is 1.44. The van der Waals surface area contributed by atoms with Gasteiger partial charge in [-0.25, -0.2) is 4.79 Å². The molecule has 0 bridgehead atoms. The van der Waals surface area contributed by atoms with Crippen LogP contribution in [0.25, 0.3) is 0 Å². The van der Waals surface area contributed by atoms with Crippen LogP contribution >= 0.6 is 34.5 Å². The molecule has 0 spiro atoms. The Balaban J connectivity index is 2.33. The summed E-state index contributed by atoms with van der Waals surface area (Å²) in [6, 6.07) is 3.00. The zero-order valence-corrected chi connectivity index (χ0v) is 13.6. The smallest absolute Gasteiger partial charge is 0.338 e. The lowest BCUT2D eigenvalue weighted by atomic mass is 10.2. The highest BCUT2D eigenvalue weighted by Crippen LogP contribution is 2.30. The molecule has 2 rings (SSSR count). The van der Waals surface area contributed by atoms with E-state index < -0.39 is 11.9 Å². The van der Waals surface area contributed by atoms with E-state index in [9.17, 15) is 9.59 Å². The molecule has 2 heterocycles. The fraction of sp³-hybridized carbons (Fsp3) is 0.231. The second-order valence-electron chi connectivity index (χ2n) is 4.30. The fourth-order valence-corrected chi connectivity index (χ4v) is 3.15. The van der Waals surface area contributed by atoms with E-state index in [0.717, 1.165) is 4.88 Å². The van der Waals surface area contributed by atoms with Crippen molar-refractivity contribution in [2.75, 3.05) is 5.32 Å². The maximum Gasteiger partial charge on any atom is 0.338 e. The Morgan fingerprint density at radius 3 is 2.52 bits per heavy atom. The van der Waals surface area contributed by atoms with E-state index in [1.54, 1.807) is 13.1 Å². The lowest BCUT2D eigenvalue weighted by Crippen LogP contribution is -2.16. The lowest BCUT2D eigenvalue weighted by Gasteiger charge is -2.05. The van der Waals surface area contributed by atoms with E-state index in [1.807, 2.05) is 6.92 Å². The van der Waals surface area contributed by atoms with Crippen LogP contribution in [0.2, 0.25) is 10.2 Å². The summed E-state index contributed by atoms with van der Waals surface area (Å²) in [7, 11) is 1.60. The molecular formula is C13H12Cl2N2O3S. The third-order valence-electron chi connectivity index (χ3n) is 2.94. The molecule has 8 heteroatoms. The molecule has 2 aromatic rings. The monoisotopic (exact) mass is 346 g/mol. The maximum atomic E-state index is 12.2. The number of carboxylic acid groups (broad SMARTS) is 1. The number of hydrogen-bond acceptors (Lipinski definition) is 3. The number of thiophene rings is 1. The molecule has 0 aliphatic carbocycles. The number of aromatic carboxylic acids is 1. The van der Waals surface area contributed by atoms with Crippen LogP contribution in [0.15, 0.2) is 12.1 Å². The number of carbonyl (C=O) groups excluding carboxylic acids is 1. The molecule has 0 aromatic carbocycles. The second kappa shape index (κ2) is 6.09. The first-order valence-electron chi connectivity index (χ1n) is 6.03. The Hall–Kier alpha value is -1.50. The van der Waals surface area contributed by atoms with Crippen LogP contribution in [0.4, 0.5) is 5.00 Å². The average Bonchev–Trinajstić information content (AvgIpc) is 2.95. The van der Waals surface area contributed by atoms with Crippen molar-refractivity contribution in [3.63, 3.8) is 0 Å². The normalized spacial score (nSPS) is 10.7. The Kier molecular flexibility index (Phi) is 4.61. The van der Waals surface area contributed by atoms with Gasteiger partial charge in [0.25, 0.3) is 5.91 Å². The van der Waals surface area contributed by atoms with Crippen molar-refractivity contribution in [2.24, 2.45) is 7.05 Å². The SMILES string of the molecule is CCc1cc(C(=O)O)c(NC(=O)c2cc(Cl)c(Cl)n2C)s1. The Bertz CT molecular complexity index is 721. The highest BCUT2D eigenvalue weighted by molar-refractivity contribution is 7.16. The van der Waals surface area contributed by atoms with Gasteiger partial charge >= 0.3 is 5.97 Å². The van der Waals surface area contributed by atoms with Gasteiger partial charge in [0.05, 0.1) is 10.6 Å². The molecule has 0 saturated carbocycles. The topological polar surface area (TPSA) is 71.3 Å². The number of aryl methyl sites for hydroxylation is 1. The quantitative estimate of drug-likeness (QED) is 0.881. The summed E-state index contributed by atoms with van der Waals surface area (Å²) in [5, 5.41) is 12.6. The third kappa shape index (κ3) is 3.07. The summed E-state index contributed by atoms with van der Waals surface area (Å²) in [6.45, 7) is 1.92. The van der Waals surface area contributed by atoms with Gasteiger partial charge < -0.3 is 15.0 Å². The number of anilines is 1. The van der Waals surface area contributed by atoms with Gasteiger partial charge in [-0.2, -0.15) is 0 Å². The van der Waals surface area contributed by atoms with Gasteiger partial charge in [-0.3, -0.25) is 4.79 Å². The average molecular weight is 347 g/mol. The van der Waals surface area contributed by atoms with Gasteiger partial charge in [-0.05, 0) is 18.6 Å². The number of carboxylic acids is 1. The zero-order valence-electron chi connectivity index (χ0n) is 11.2. The van der Waals surface area contributed by atoms with Crippen LogP contribution < -0.4 is 5.32 Å². The zero-order chi connectivity index (χ0) is 15.7. The molecule has 2 N–H and O–H groups in total. The number of aromatic nitrogens is 1. The van der Waals surface area contributed by atoms with Crippen molar-refractivity contribution in [3.8, 4) is 0 Å². The number of rotatable bonds is 4. The predicted molar refractivity (Wildman–Crippen MR) is 84.0 cm³/mol. The van der Waals surface area contributed by atoms with Crippen LogP contribution in [0, 0.1) is 0 Å². The largest absolute Gasteiger partial charge is 0.478 e. The van der Waals surface area contributed by atoms with E-state index in [1.165, 1.54) is 22.0 Å². The maximum absolute atomic E-state index is 12.2. The van der Waals surface area contributed by atoms with Crippen molar-refractivity contribution in [3.05, 3.63) is 38.4 Å². The molecule has 112 valence electrons. The predicted octanol–water partition coefficient (Wildman–Crippen LogP) is 3.91. The highest BCUT2D eigenvalue weighted by atomic mass is 35.5. The van der Waals surface area contributed by atoms with Crippen molar-refractivity contribution in [1.29, 1.82) is 0 Å². The third-order valence-corrected chi connectivity index (χ3v) is 4.97. The van der Waals surface area contributed by atoms with Crippen molar-refractivity contribution >= 4 is 51.4 Å². The molecule has 0 atom stereocenters. The minimum Gasteiger partial charge on any atom is -0.478 e. The number of halogens is 2. The Morgan fingerprint density at radius 1 is 1.38 bits per heavy atom. The first kappa shape index (κ1) is 15.9. The van der Waals surface area contributed by atoms with Gasteiger partial charge in [0.15, 0.2) is 0 Å². The van der Waals surface area contributed by atoms with E-state index >= 15 is 0 Å². The van der Waals surface area contributed by atoms with Crippen LogP contribution in [0.1, 0.15) is 32.6 Å². The molecule has 0 fully saturated rings. The summed E-state index contributed by atoms with van der Waals surface area (Å²) in [6.07, 6.45) is 0.697. The number of nitrogens with one attached hydrogen (secondary N) is 1. The summed E-state index contributed by atoms with van der Waals surface area (Å²) in [4.78, 5) is 24.3. The van der Waals surface area contributed by atoms with Crippen LogP contribution in [0.3, 0.4) is 0 Å². The molecule has 0 unspecified atom stereocenters. The second-order valence-corrected chi connectivity index (χ2v) is 6.20. The molecule has 1 amide bonds. The summed E-state index contributed by atoms with van der Waals surface area (Å²) in [5.74, 6) is -1.54. The minimum absolute atomic E-state index is 0.0802. The van der Waals surface area contributed by atoms with Crippen molar-refractivity contribution in [2.45, 2.75) is 13.3 Å². The van der Waals surface area contributed by atoms with E-state index in [4.69, 9.17) is 28.3 Å². The Labute approximate surface area is 135 Å². The van der Waals surface area contributed by atoms with Gasteiger partial charge in [0.2, 0.25) is 0 Å². The van der Waals surface area contributed by atoms with Gasteiger partial charge in [-0.15, -0.1) is 11.3 Å². The van der Waals surface area contributed by atoms with Crippen molar-refractivity contribution in [1.82, 2.24) is 4.57 Å². The van der Waals surface area contributed by atoms with E-state index in [2.05, 4.69) is 5.32 Å². The number of carbonyl (C=O) groups is 2. The fourth-order valence-electron chi connectivity index (χ4n) is 1.80. The summed E-state index contributed by atoms with van der Waals surface area (Å²) >= 11 is 13.0. The standard InChI is InChI=1S/C13H12Cl2N2O3S/c1-3-6-4-7(13(19)20)12(21-6)16-11(18)9-5-8(14)10(15)17(9)2/h4-5H,3H2,1-2H3,(H,16,18)(H,19,20). The number of nitrogens with zero attached hydrogens (tertiary/aromatic N) is 1. The molecular weight excluding hydrogens is 335 g/mol. The first-order chi connectivity index (χ1) is 9.85. The molecule has 0 saturated heterocycles. The van der Waals surface area contributed by atoms with Gasteiger partial charge in [-0.1, -0.05) is 30.1 Å². The number of amides is 1. The highest BCUT2D eigenvalue weighted by Gasteiger charge is 2.20. The minimum atomic E-state index is -1.08. The Morgan fingerprint density at radius 2 is 2.05 bits per heavy atom. The molecule has 0 aliphatic rings. The van der Waals surface area contributed by atoms with Crippen LogP contribution in [-0.4, -0.2) is 21.6 Å². The number of hydrogen-bond donors (Lipinski definition) is 2. The van der Waals surface area contributed by atoms with Crippen LogP contribution in [-0.2, 0) is 13.5 Å². The molecule has 5 nitrogen and oxygen atoms in total. The van der Waals surface area contributed by atoms with Crippen LogP contribution in [0.5, 0.6) is 0 Å². The van der Waals surface area contributed by atoms with Gasteiger partial charge in [0.1, 0.15) is 15.8 Å².